The van der Waals surface area contributed by atoms with E-state index in [1.807, 2.05) is 37.3 Å². The highest BCUT2D eigenvalue weighted by molar-refractivity contribution is 7.85. The standard InChI is InChI=1S/C17H27N3O2S/c1-3-22-15-9-12-20(13-10-15)17(18-2)19-11-14-23(21)16-7-5-4-6-8-16/h4-8,15H,3,9-14H2,1-2H3,(H,18,19). The first kappa shape index (κ1) is 17.9. The van der Waals surface area contributed by atoms with Gasteiger partial charge in [0.15, 0.2) is 5.96 Å². The Morgan fingerprint density at radius 2 is 2.04 bits per heavy atom. The van der Waals surface area contributed by atoms with Gasteiger partial charge in [0.05, 0.1) is 16.9 Å². The van der Waals surface area contributed by atoms with Gasteiger partial charge in [0.1, 0.15) is 0 Å². The van der Waals surface area contributed by atoms with Crippen LogP contribution in [-0.2, 0) is 15.5 Å². The van der Waals surface area contributed by atoms with Crippen molar-refractivity contribution in [2.24, 2.45) is 4.99 Å². The third-order valence-electron chi connectivity index (χ3n) is 3.93. The maximum atomic E-state index is 12.2. The summed E-state index contributed by atoms with van der Waals surface area (Å²) in [7, 11) is 0.826. The van der Waals surface area contributed by atoms with Crippen LogP contribution in [0.2, 0.25) is 0 Å². The molecule has 0 radical (unpaired) electrons. The molecule has 0 aromatic heterocycles. The number of hydrogen-bond acceptors (Lipinski definition) is 3. The van der Waals surface area contributed by atoms with Crippen LogP contribution in [0.15, 0.2) is 40.2 Å². The second kappa shape index (κ2) is 9.67. The fourth-order valence-corrected chi connectivity index (χ4v) is 3.73. The fourth-order valence-electron chi connectivity index (χ4n) is 2.75. The van der Waals surface area contributed by atoms with Gasteiger partial charge in [-0.1, -0.05) is 18.2 Å². The second-order valence-corrected chi connectivity index (χ2v) is 7.05. The molecule has 1 fully saturated rings. The third-order valence-corrected chi connectivity index (χ3v) is 5.31. The highest BCUT2D eigenvalue weighted by atomic mass is 32.2. The lowest BCUT2D eigenvalue weighted by molar-refractivity contribution is 0.0264. The summed E-state index contributed by atoms with van der Waals surface area (Å²) in [6.45, 7) is 5.38. The van der Waals surface area contributed by atoms with Crippen LogP contribution in [0.3, 0.4) is 0 Å². The first-order valence-electron chi connectivity index (χ1n) is 8.25. The van der Waals surface area contributed by atoms with Crippen molar-refractivity contribution in [3.63, 3.8) is 0 Å². The number of nitrogens with one attached hydrogen (secondary N) is 1. The number of guanidine groups is 1. The monoisotopic (exact) mass is 337 g/mol. The predicted molar refractivity (Wildman–Crippen MR) is 95.3 cm³/mol. The minimum Gasteiger partial charge on any atom is -0.378 e. The molecule has 1 aliphatic rings. The van der Waals surface area contributed by atoms with Crippen LogP contribution in [-0.4, -0.2) is 60.2 Å². The number of likely N-dealkylation sites (tertiary alicyclic amines) is 1. The molecule has 0 bridgehead atoms. The van der Waals surface area contributed by atoms with Crippen LogP contribution in [0, 0.1) is 0 Å². The number of ether oxygens (including phenoxy) is 1. The van der Waals surface area contributed by atoms with Crippen LogP contribution >= 0.6 is 0 Å². The summed E-state index contributed by atoms with van der Waals surface area (Å²) in [5, 5.41) is 3.33. The summed E-state index contributed by atoms with van der Waals surface area (Å²) in [5.74, 6) is 1.48. The van der Waals surface area contributed by atoms with Gasteiger partial charge < -0.3 is 15.0 Å². The van der Waals surface area contributed by atoms with Gasteiger partial charge in [0, 0.05) is 43.9 Å². The smallest absolute Gasteiger partial charge is 0.193 e. The van der Waals surface area contributed by atoms with Crippen molar-refractivity contribution in [3.05, 3.63) is 30.3 Å². The molecular weight excluding hydrogens is 310 g/mol. The Kier molecular flexibility index (Phi) is 7.55. The summed E-state index contributed by atoms with van der Waals surface area (Å²) in [6.07, 6.45) is 2.44. The maximum Gasteiger partial charge on any atom is 0.193 e. The Morgan fingerprint density at radius 1 is 1.35 bits per heavy atom. The molecule has 0 aliphatic carbocycles. The molecule has 1 aliphatic heterocycles. The molecule has 128 valence electrons. The zero-order valence-corrected chi connectivity index (χ0v) is 14.8. The van der Waals surface area contributed by atoms with Crippen LogP contribution in [0.1, 0.15) is 19.8 Å². The van der Waals surface area contributed by atoms with E-state index in [9.17, 15) is 4.21 Å². The van der Waals surface area contributed by atoms with E-state index in [1.54, 1.807) is 7.05 Å². The lowest BCUT2D eigenvalue weighted by Crippen LogP contribution is -2.47. The summed E-state index contributed by atoms with van der Waals surface area (Å²) in [5.41, 5.74) is 0. The average Bonchev–Trinajstić information content (AvgIpc) is 2.60. The highest BCUT2D eigenvalue weighted by Gasteiger charge is 2.21. The van der Waals surface area contributed by atoms with Crippen molar-refractivity contribution < 1.29 is 8.95 Å². The average molecular weight is 337 g/mol. The van der Waals surface area contributed by atoms with Gasteiger partial charge in [-0.3, -0.25) is 9.20 Å². The van der Waals surface area contributed by atoms with Gasteiger partial charge in [-0.25, -0.2) is 0 Å². The molecule has 2 rings (SSSR count). The van der Waals surface area contributed by atoms with E-state index in [-0.39, 0.29) is 0 Å². The Balaban J connectivity index is 1.75. The number of aliphatic imine (C=N–C) groups is 1. The normalized spacial score (nSPS) is 18.0. The first-order chi connectivity index (χ1) is 11.2. The second-order valence-electron chi connectivity index (χ2n) is 5.48. The Morgan fingerprint density at radius 3 is 2.65 bits per heavy atom. The van der Waals surface area contributed by atoms with Crippen molar-refractivity contribution in [3.8, 4) is 0 Å². The van der Waals surface area contributed by atoms with Crippen LogP contribution in [0.25, 0.3) is 0 Å². The van der Waals surface area contributed by atoms with E-state index in [4.69, 9.17) is 4.74 Å². The molecule has 23 heavy (non-hydrogen) atoms. The lowest BCUT2D eigenvalue weighted by Gasteiger charge is -2.34. The van der Waals surface area contributed by atoms with Gasteiger partial charge >= 0.3 is 0 Å². The van der Waals surface area contributed by atoms with Crippen molar-refractivity contribution in [1.82, 2.24) is 10.2 Å². The summed E-state index contributed by atoms with van der Waals surface area (Å²) < 4.78 is 17.9. The van der Waals surface area contributed by atoms with Crippen molar-refractivity contribution in [2.75, 3.05) is 39.0 Å². The van der Waals surface area contributed by atoms with E-state index in [1.165, 1.54) is 0 Å². The minimum absolute atomic E-state index is 0.375. The third kappa shape index (κ3) is 5.62. The number of nitrogens with zero attached hydrogens (tertiary/aromatic N) is 2. The van der Waals surface area contributed by atoms with Gasteiger partial charge in [-0.15, -0.1) is 0 Å². The molecule has 1 saturated heterocycles. The van der Waals surface area contributed by atoms with Gasteiger partial charge in [-0.2, -0.15) is 0 Å². The van der Waals surface area contributed by atoms with Gasteiger partial charge in [0.25, 0.3) is 0 Å². The summed E-state index contributed by atoms with van der Waals surface area (Å²) in [6, 6.07) is 9.59. The number of benzene rings is 1. The van der Waals surface area contributed by atoms with Gasteiger partial charge in [0.2, 0.25) is 0 Å². The first-order valence-corrected chi connectivity index (χ1v) is 9.57. The SMILES string of the molecule is CCOC1CCN(C(=NC)NCCS(=O)c2ccccc2)CC1. The highest BCUT2D eigenvalue weighted by Crippen LogP contribution is 2.13. The largest absolute Gasteiger partial charge is 0.378 e. The number of piperidine rings is 1. The van der Waals surface area contributed by atoms with E-state index in [2.05, 4.69) is 15.2 Å². The minimum atomic E-state index is -0.971. The molecule has 1 aromatic rings. The maximum absolute atomic E-state index is 12.2. The van der Waals surface area contributed by atoms with E-state index < -0.39 is 10.8 Å². The van der Waals surface area contributed by atoms with Crippen LogP contribution in [0.5, 0.6) is 0 Å². The van der Waals surface area contributed by atoms with Crippen molar-refractivity contribution in [2.45, 2.75) is 30.8 Å². The fraction of sp³-hybridized carbons (Fsp3) is 0.588. The molecule has 0 saturated carbocycles. The lowest BCUT2D eigenvalue weighted by atomic mass is 10.1. The molecule has 5 nitrogen and oxygen atoms in total. The van der Waals surface area contributed by atoms with E-state index >= 15 is 0 Å². The number of rotatable bonds is 6. The van der Waals surface area contributed by atoms with E-state index in [0.717, 1.165) is 43.4 Å². The Labute approximate surface area is 141 Å². The van der Waals surface area contributed by atoms with Crippen molar-refractivity contribution in [1.29, 1.82) is 0 Å². The Bertz CT molecular complexity index is 514. The quantitative estimate of drug-likeness (QED) is 0.636. The van der Waals surface area contributed by atoms with Crippen LogP contribution in [0.4, 0.5) is 0 Å². The molecule has 1 atom stereocenters. The predicted octanol–water partition coefficient (Wildman–Crippen LogP) is 1.87. The zero-order valence-electron chi connectivity index (χ0n) is 14.0. The topological polar surface area (TPSA) is 53.9 Å². The summed E-state index contributed by atoms with van der Waals surface area (Å²) in [4.78, 5) is 7.47. The van der Waals surface area contributed by atoms with Gasteiger partial charge in [-0.05, 0) is 31.9 Å². The number of hydrogen-bond donors (Lipinski definition) is 1. The van der Waals surface area contributed by atoms with Crippen LogP contribution < -0.4 is 5.32 Å². The molecular formula is C17H27N3O2S. The molecule has 1 unspecified atom stereocenters. The molecule has 1 N–H and O–H groups in total. The molecule has 6 heteroatoms. The molecule has 1 heterocycles. The Hall–Kier alpha value is -1.40. The van der Waals surface area contributed by atoms with E-state index in [0.29, 0.717) is 18.4 Å². The summed E-state index contributed by atoms with van der Waals surface area (Å²) >= 11 is 0. The molecule has 0 amide bonds. The molecule has 0 spiro atoms. The van der Waals surface area contributed by atoms with Crippen molar-refractivity contribution >= 4 is 16.8 Å². The zero-order chi connectivity index (χ0) is 16.5. The molecule has 1 aromatic carbocycles.